The first-order valence-electron chi connectivity index (χ1n) is 20.0. The lowest BCUT2D eigenvalue weighted by atomic mass is 9.69. The Morgan fingerprint density at radius 3 is 2.27 bits per heavy atom. The van der Waals surface area contributed by atoms with E-state index in [2.05, 4.69) is 95.0 Å². The molecule has 0 fully saturated rings. The van der Waals surface area contributed by atoms with Crippen molar-refractivity contribution in [1.29, 1.82) is 5.26 Å². The maximum atomic E-state index is 14.3. The first-order chi connectivity index (χ1) is 26.3. The lowest BCUT2D eigenvalue weighted by Crippen LogP contribution is -2.44. The predicted molar refractivity (Wildman–Crippen MR) is 225 cm³/mol. The molecule has 1 aliphatic carbocycles. The van der Waals surface area contributed by atoms with Crippen LogP contribution in [0.1, 0.15) is 121 Å². The van der Waals surface area contributed by atoms with Gasteiger partial charge in [-0.15, -0.1) is 11.3 Å². The fourth-order valence-electron chi connectivity index (χ4n) is 9.70. The van der Waals surface area contributed by atoms with Crippen molar-refractivity contribution in [2.75, 3.05) is 18.0 Å². The van der Waals surface area contributed by atoms with Gasteiger partial charge in [0, 0.05) is 44.9 Å². The van der Waals surface area contributed by atoms with Gasteiger partial charge in [-0.25, -0.2) is 9.59 Å². The average Bonchev–Trinajstić information content (AvgIpc) is 3.70. The number of carbonyl (C=O) groups is 1. The summed E-state index contributed by atoms with van der Waals surface area (Å²) in [7, 11) is 0. The van der Waals surface area contributed by atoms with Crippen LogP contribution in [0.2, 0.25) is 0 Å². The van der Waals surface area contributed by atoms with Crippen LogP contribution in [-0.2, 0) is 21.0 Å². The Labute approximate surface area is 328 Å². The maximum Gasteiger partial charge on any atom is 0.346 e. The predicted octanol–water partition coefficient (Wildman–Crippen LogP) is 12.0. The van der Waals surface area contributed by atoms with Crippen molar-refractivity contribution in [1.82, 2.24) is 0 Å². The zero-order valence-electron chi connectivity index (χ0n) is 32.9. The third-order valence-electron chi connectivity index (χ3n) is 12.9. The van der Waals surface area contributed by atoms with E-state index in [1.165, 1.54) is 50.9 Å². The number of nitriles is 1. The number of hydrogen-bond acceptors (Lipinski definition) is 6. The molecular formula is C48H50N2O4S. The molecule has 55 heavy (non-hydrogen) atoms. The Balaban J connectivity index is 1.34. The quantitative estimate of drug-likeness (QED) is 0.0867. The number of carboxylic acids is 1. The van der Waals surface area contributed by atoms with Crippen molar-refractivity contribution in [2.45, 2.75) is 109 Å². The Kier molecular flexibility index (Phi) is 9.20. The molecule has 0 saturated carbocycles. The lowest BCUT2D eigenvalue weighted by Gasteiger charge is -2.48. The molecule has 2 aromatic heterocycles. The van der Waals surface area contributed by atoms with Crippen molar-refractivity contribution in [2.24, 2.45) is 0 Å². The Morgan fingerprint density at radius 2 is 1.58 bits per heavy atom. The summed E-state index contributed by atoms with van der Waals surface area (Å²) >= 11 is 1.45. The molecule has 3 aromatic carbocycles. The van der Waals surface area contributed by atoms with E-state index in [4.69, 9.17) is 4.42 Å². The summed E-state index contributed by atoms with van der Waals surface area (Å²) in [4.78, 5) is 30.4. The largest absolute Gasteiger partial charge is 0.477 e. The standard InChI is InChI=1S/C48H50N2O4S/c1-7-9-17-48(18-10-8-2)36-14-12-11-13-33(36)34-16-15-29(25-37(34)48)39-27-31(23-32(28-49)44(51)52)43(55-39)35-24-30-26-38-41-40(42(30)54-45(35)53)47(5,6)20-22-50(41)21-19-46(38,3)4/h11-16,23-27H,7-10,17-22H2,1-6H3,(H,51,52)/b32-23-. The molecule has 5 aromatic rings. The molecule has 282 valence electrons. The molecule has 0 bridgehead atoms. The number of unbranched alkanes of at least 4 members (excludes halogenated alkanes) is 2. The van der Waals surface area contributed by atoms with Gasteiger partial charge in [-0.2, -0.15) is 5.26 Å². The van der Waals surface area contributed by atoms with Gasteiger partial charge in [-0.3, -0.25) is 0 Å². The van der Waals surface area contributed by atoms with E-state index in [9.17, 15) is 20.0 Å². The minimum atomic E-state index is -1.31. The number of anilines is 1. The van der Waals surface area contributed by atoms with Crippen LogP contribution in [0.5, 0.6) is 0 Å². The normalized spacial score (nSPS) is 17.4. The second-order valence-corrected chi connectivity index (χ2v) is 18.3. The lowest BCUT2D eigenvalue weighted by molar-refractivity contribution is -0.132. The second-order valence-electron chi connectivity index (χ2n) is 17.2. The smallest absolute Gasteiger partial charge is 0.346 e. The van der Waals surface area contributed by atoms with Gasteiger partial charge in [-0.1, -0.05) is 104 Å². The van der Waals surface area contributed by atoms with Gasteiger partial charge in [0.15, 0.2) is 0 Å². The zero-order chi connectivity index (χ0) is 38.9. The van der Waals surface area contributed by atoms with Crippen molar-refractivity contribution < 1.29 is 14.3 Å². The molecule has 0 atom stereocenters. The summed E-state index contributed by atoms with van der Waals surface area (Å²) < 4.78 is 6.39. The highest BCUT2D eigenvalue weighted by Gasteiger charge is 2.43. The molecule has 0 radical (unpaired) electrons. The second kappa shape index (κ2) is 13.7. The van der Waals surface area contributed by atoms with E-state index < -0.39 is 11.6 Å². The van der Waals surface area contributed by atoms with Crippen molar-refractivity contribution in [3.05, 3.63) is 104 Å². The van der Waals surface area contributed by atoms with Gasteiger partial charge in [-0.05, 0) is 106 Å². The molecule has 1 N–H and O–H groups in total. The summed E-state index contributed by atoms with van der Waals surface area (Å²) in [5.74, 6) is -1.31. The number of rotatable bonds is 10. The summed E-state index contributed by atoms with van der Waals surface area (Å²) in [5.41, 5.74) is 10.2. The number of fused-ring (bicyclic) bond motifs is 5. The van der Waals surface area contributed by atoms with Crippen LogP contribution in [0.3, 0.4) is 0 Å². The Hall–Kier alpha value is -4.93. The first-order valence-corrected chi connectivity index (χ1v) is 20.8. The molecule has 4 heterocycles. The number of carboxylic acid groups (broad SMARTS) is 1. The molecular weight excluding hydrogens is 701 g/mol. The van der Waals surface area contributed by atoms with Crippen molar-refractivity contribution in [3.8, 4) is 38.1 Å². The van der Waals surface area contributed by atoms with Crippen LogP contribution < -0.4 is 10.5 Å². The van der Waals surface area contributed by atoms with E-state index in [-0.39, 0.29) is 21.8 Å². The highest BCUT2D eigenvalue weighted by atomic mass is 32.1. The van der Waals surface area contributed by atoms with E-state index in [0.717, 1.165) is 85.8 Å². The molecule has 3 aliphatic rings. The molecule has 6 nitrogen and oxygen atoms in total. The van der Waals surface area contributed by atoms with E-state index in [1.54, 1.807) is 0 Å². The first kappa shape index (κ1) is 37.0. The Bertz CT molecular complexity index is 2500. The van der Waals surface area contributed by atoms with Crippen molar-refractivity contribution in [3.63, 3.8) is 0 Å². The fraction of sp³-hybridized carbons (Fsp3) is 0.396. The number of benzene rings is 3. The zero-order valence-corrected chi connectivity index (χ0v) is 33.7. The van der Waals surface area contributed by atoms with Gasteiger partial charge >= 0.3 is 11.6 Å². The van der Waals surface area contributed by atoms with Crippen LogP contribution in [0.15, 0.2) is 75.4 Å². The van der Waals surface area contributed by atoms with Gasteiger partial charge in [0.1, 0.15) is 17.2 Å². The molecule has 7 heteroatoms. The highest BCUT2D eigenvalue weighted by molar-refractivity contribution is 7.19. The molecule has 8 rings (SSSR count). The number of nitrogens with zero attached hydrogens (tertiary/aromatic N) is 2. The average molecular weight is 751 g/mol. The van der Waals surface area contributed by atoms with Crippen LogP contribution >= 0.6 is 11.3 Å². The molecule has 0 saturated heterocycles. The third kappa shape index (κ3) is 5.96. The molecule has 0 spiro atoms. The molecule has 0 amide bonds. The molecule has 2 aliphatic heterocycles. The highest BCUT2D eigenvalue weighted by Crippen LogP contribution is 2.56. The number of aliphatic carboxylic acids is 1. The fourth-order valence-corrected chi connectivity index (χ4v) is 10.8. The number of hydrogen-bond donors (Lipinski definition) is 1. The van der Waals surface area contributed by atoms with Gasteiger partial charge in [0.05, 0.1) is 5.56 Å². The van der Waals surface area contributed by atoms with E-state index >= 15 is 0 Å². The number of thiophene rings is 1. The molecule has 0 unspecified atom stereocenters. The van der Waals surface area contributed by atoms with Crippen LogP contribution in [0, 0.1) is 11.3 Å². The van der Waals surface area contributed by atoms with Crippen LogP contribution in [0.25, 0.3) is 49.1 Å². The summed E-state index contributed by atoms with van der Waals surface area (Å²) in [6.45, 7) is 15.5. The van der Waals surface area contributed by atoms with Gasteiger partial charge in [0.25, 0.3) is 0 Å². The Morgan fingerprint density at radius 1 is 0.891 bits per heavy atom. The SMILES string of the molecule is CCCCC1(CCCC)c2ccccc2-c2ccc(-c3cc(/C=C(/C#N)C(=O)O)c(-c4cc5cc6c7c(c5oc4=O)C(C)(C)CCN7CCC6(C)C)s3)cc21. The van der Waals surface area contributed by atoms with E-state index in [0.29, 0.717) is 21.6 Å². The topological polar surface area (TPSA) is 94.5 Å². The van der Waals surface area contributed by atoms with Crippen LogP contribution in [0.4, 0.5) is 5.69 Å². The van der Waals surface area contributed by atoms with Crippen molar-refractivity contribution >= 4 is 40.0 Å². The summed E-state index contributed by atoms with van der Waals surface area (Å²) in [5, 5.41) is 20.6. The monoisotopic (exact) mass is 750 g/mol. The van der Waals surface area contributed by atoms with Gasteiger partial charge in [0.2, 0.25) is 0 Å². The maximum absolute atomic E-state index is 14.3. The minimum Gasteiger partial charge on any atom is -0.477 e. The third-order valence-corrected chi connectivity index (χ3v) is 14.1. The summed E-state index contributed by atoms with van der Waals surface area (Å²) in [6.07, 6.45) is 10.0. The minimum absolute atomic E-state index is 0.0532. The summed E-state index contributed by atoms with van der Waals surface area (Å²) in [6, 6.07) is 23.5. The van der Waals surface area contributed by atoms with Crippen LogP contribution in [-0.4, -0.2) is 24.2 Å². The van der Waals surface area contributed by atoms with E-state index in [1.807, 2.05) is 18.2 Å². The van der Waals surface area contributed by atoms with Gasteiger partial charge < -0.3 is 14.4 Å².